The first-order chi connectivity index (χ1) is 8.56. The zero-order valence-corrected chi connectivity index (χ0v) is 9.70. The summed E-state index contributed by atoms with van der Waals surface area (Å²) >= 11 is 0. The SMILES string of the molecule is Nc1ccc(F)cc1C(=O)NCC1CCC(=O)N1. The molecule has 1 unspecified atom stereocenters. The fraction of sp³-hybridized carbons (Fsp3) is 0.333. The average molecular weight is 251 g/mol. The van der Waals surface area contributed by atoms with Crippen LogP contribution in [0.3, 0.4) is 0 Å². The summed E-state index contributed by atoms with van der Waals surface area (Å²) in [6.07, 6.45) is 1.17. The van der Waals surface area contributed by atoms with Crippen LogP contribution in [-0.2, 0) is 4.79 Å². The minimum absolute atomic E-state index is 0.0143. The Hall–Kier alpha value is -2.11. The monoisotopic (exact) mass is 251 g/mol. The van der Waals surface area contributed by atoms with Crippen molar-refractivity contribution in [2.75, 3.05) is 12.3 Å². The van der Waals surface area contributed by atoms with E-state index in [-0.39, 0.29) is 23.2 Å². The van der Waals surface area contributed by atoms with Crippen LogP contribution in [0, 0.1) is 5.82 Å². The highest BCUT2D eigenvalue weighted by molar-refractivity contribution is 5.99. The van der Waals surface area contributed by atoms with E-state index in [4.69, 9.17) is 5.73 Å². The molecule has 1 aliphatic heterocycles. The third-order valence-electron chi connectivity index (χ3n) is 2.85. The number of rotatable bonds is 3. The molecule has 1 heterocycles. The molecule has 6 heteroatoms. The van der Waals surface area contributed by atoms with Crippen molar-refractivity contribution in [3.05, 3.63) is 29.6 Å². The molecule has 0 radical (unpaired) electrons. The standard InChI is InChI=1S/C12H14FN3O2/c13-7-1-3-10(14)9(5-7)12(18)15-6-8-2-4-11(17)16-8/h1,3,5,8H,2,4,6,14H2,(H,15,18)(H,16,17). The number of nitrogens with two attached hydrogens (primary N) is 1. The normalized spacial score (nSPS) is 18.5. The topological polar surface area (TPSA) is 84.2 Å². The molecule has 5 nitrogen and oxygen atoms in total. The van der Waals surface area contributed by atoms with Gasteiger partial charge in [0.25, 0.3) is 5.91 Å². The Morgan fingerprint density at radius 3 is 3.00 bits per heavy atom. The second-order valence-corrected chi connectivity index (χ2v) is 4.24. The lowest BCUT2D eigenvalue weighted by atomic mass is 10.1. The quantitative estimate of drug-likeness (QED) is 0.680. The van der Waals surface area contributed by atoms with Crippen LogP contribution in [0.5, 0.6) is 0 Å². The lowest BCUT2D eigenvalue weighted by molar-refractivity contribution is -0.119. The van der Waals surface area contributed by atoms with Gasteiger partial charge < -0.3 is 16.4 Å². The Bertz CT molecular complexity index is 490. The highest BCUT2D eigenvalue weighted by atomic mass is 19.1. The molecule has 1 fully saturated rings. The van der Waals surface area contributed by atoms with Gasteiger partial charge in [-0.15, -0.1) is 0 Å². The molecule has 0 bridgehead atoms. The summed E-state index contributed by atoms with van der Waals surface area (Å²) in [5, 5.41) is 5.36. The first-order valence-corrected chi connectivity index (χ1v) is 5.69. The molecule has 1 aliphatic rings. The summed E-state index contributed by atoms with van der Waals surface area (Å²) in [4.78, 5) is 22.8. The van der Waals surface area contributed by atoms with Crippen LogP contribution in [0.15, 0.2) is 18.2 Å². The third-order valence-corrected chi connectivity index (χ3v) is 2.85. The fourth-order valence-electron chi connectivity index (χ4n) is 1.87. The predicted octanol–water partition coefficient (Wildman–Crippen LogP) is 0.416. The van der Waals surface area contributed by atoms with Crippen molar-refractivity contribution in [2.24, 2.45) is 0 Å². The van der Waals surface area contributed by atoms with E-state index in [0.717, 1.165) is 6.07 Å². The zero-order chi connectivity index (χ0) is 13.1. The first-order valence-electron chi connectivity index (χ1n) is 5.69. The smallest absolute Gasteiger partial charge is 0.253 e. The van der Waals surface area contributed by atoms with Crippen LogP contribution in [0.25, 0.3) is 0 Å². The summed E-state index contributed by atoms with van der Waals surface area (Å²) in [6, 6.07) is 3.58. The molecule has 1 aromatic carbocycles. The second kappa shape index (κ2) is 5.03. The van der Waals surface area contributed by atoms with E-state index in [1.807, 2.05) is 0 Å². The molecule has 0 aliphatic carbocycles. The van der Waals surface area contributed by atoms with Crippen LogP contribution in [0.1, 0.15) is 23.2 Å². The molecule has 0 saturated carbocycles. The zero-order valence-electron chi connectivity index (χ0n) is 9.70. The Labute approximate surface area is 104 Å². The van der Waals surface area contributed by atoms with Crippen molar-refractivity contribution < 1.29 is 14.0 Å². The minimum atomic E-state index is -0.511. The van der Waals surface area contributed by atoms with Crippen molar-refractivity contribution in [3.8, 4) is 0 Å². The van der Waals surface area contributed by atoms with E-state index in [1.165, 1.54) is 12.1 Å². The summed E-state index contributed by atoms with van der Waals surface area (Å²) in [5.41, 5.74) is 5.94. The van der Waals surface area contributed by atoms with Gasteiger partial charge in [-0.3, -0.25) is 9.59 Å². The number of nitrogens with one attached hydrogen (secondary N) is 2. The van der Waals surface area contributed by atoms with E-state index in [2.05, 4.69) is 10.6 Å². The number of nitrogen functional groups attached to an aromatic ring is 1. The molecule has 96 valence electrons. The molecule has 1 saturated heterocycles. The van der Waals surface area contributed by atoms with E-state index < -0.39 is 11.7 Å². The Morgan fingerprint density at radius 1 is 1.56 bits per heavy atom. The summed E-state index contributed by atoms with van der Waals surface area (Å²) in [7, 11) is 0. The van der Waals surface area contributed by atoms with Gasteiger partial charge in [0, 0.05) is 24.7 Å². The number of carbonyl (C=O) groups is 2. The predicted molar refractivity (Wildman–Crippen MR) is 64.3 cm³/mol. The molecule has 0 spiro atoms. The van der Waals surface area contributed by atoms with Crippen LogP contribution in [-0.4, -0.2) is 24.4 Å². The number of carbonyl (C=O) groups excluding carboxylic acids is 2. The van der Waals surface area contributed by atoms with Crippen molar-refractivity contribution in [1.29, 1.82) is 0 Å². The third kappa shape index (κ3) is 2.77. The molecule has 2 amide bonds. The molecule has 4 N–H and O–H groups in total. The van der Waals surface area contributed by atoms with Crippen LogP contribution in [0.2, 0.25) is 0 Å². The summed E-state index contributed by atoms with van der Waals surface area (Å²) < 4.78 is 13.0. The summed E-state index contributed by atoms with van der Waals surface area (Å²) in [6.45, 7) is 0.320. The van der Waals surface area contributed by atoms with E-state index in [0.29, 0.717) is 19.4 Å². The fourth-order valence-corrected chi connectivity index (χ4v) is 1.87. The largest absolute Gasteiger partial charge is 0.398 e. The maximum atomic E-state index is 13.0. The highest BCUT2D eigenvalue weighted by Gasteiger charge is 2.21. The van der Waals surface area contributed by atoms with Crippen molar-refractivity contribution in [3.63, 3.8) is 0 Å². The molecular formula is C12H14FN3O2. The molecular weight excluding hydrogens is 237 g/mol. The highest BCUT2D eigenvalue weighted by Crippen LogP contribution is 2.13. The number of hydrogen-bond acceptors (Lipinski definition) is 3. The second-order valence-electron chi connectivity index (χ2n) is 4.24. The van der Waals surface area contributed by atoms with Gasteiger partial charge >= 0.3 is 0 Å². The van der Waals surface area contributed by atoms with Gasteiger partial charge in [0.2, 0.25) is 5.91 Å². The number of benzene rings is 1. The molecule has 2 rings (SSSR count). The molecule has 1 aromatic rings. The van der Waals surface area contributed by atoms with Gasteiger partial charge in [-0.2, -0.15) is 0 Å². The molecule has 1 atom stereocenters. The lowest BCUT2D eigenvalue weighted by Crippen LogP contribution is -2.38. The Balaban J connectivity index is 1.95. The van der Waals surface area contributed by atoms with Gasteiger partial charge in [-0.1, -0.05) is 0 Å². The van der Waals surface area contributed by atoms with E-state index in [9.17, 15) is 14.0 Å². The van der Waals surface area contributed by atoms with Crippen LogP contribution in [0.4, 0.5) is 10.1 Å². The van der Waals surface area contributed by atoms with Crippen molar-refractivity contribution in [2.45, 2.75) is 18.9 Å². The van der Waals surface area contributed by atoms with Gasteiger partial charge in [-0.05, 0) is 24.6 Å². The Kier molecular flexibility index (Phi) is 3.45. The van der Waals surface area contributed by atoms with Crippen molar-refractivity contribution in [1.82, 2.24) is 10.6 Å². The lowest BCUT2D eigenvalue weighted by Gasteiger charge is -2.12. The Morgan fingerprint density at radius 2 is 2.33 bits per heavy atom. The van der Waals surface area contributed by atoms with Gasteiger partial charge in [0.1, 0.15) is 5.82 Å². The van der Waals surface area contributed by atoms with Crippen molar-refractivity contribution >= 4 is 17.5 Å². The molecule has 18 heavy (non-hydrogen) atoms. The average Bonchev–Trinajstić information content (AvgIpc) is 2.75. The van der Waals surface area contributed by atoms with Gasteiger partial charge in [-0.25, -0.2) is 4.39 Å². The van der Waals surface area contributed by atoms with Gasteiger partial charge in [0.15, 0.2) is 0 Å². The number of halogens is 1. The summed E-state index contributed by atoms with van der Waals surface area (Å²) in [5.74, 6) is -0.962. The molecule has 0 aromatic heterocycles. The van der Waals surface area contributed by atoms with Crippen LogP contribution < -0.4 is 16.4 Å². The number of hydrogen-bond donors (Lipinski definition) is 3. The number of anilines is 1. The maximum absolute atomic E-state index is 13.0. The first kappa shape index (κ1) is 12.3. The van der Waals surface area contributed by atoms with E-state index in [1.54, 1.807) is 0 Å². The number of amides is 2. The van der Waals surface area contributed by atoms with Gasteiger partial charge in [0.05, 0.1) is 5.56 Å². The maximum Gasteiger partial charge on any atom is 0.253 e. The van der Waals surface area contributed by atoms with E-state index >= 15 is 0 Å². The minimum Gasteiger partial charge on any atom is -0.398 e. The van der Waals surface area contributed by atoms with Crippen LogP contribution >= 0.6 is 0 Å².